The molecule has 0 saturated heterocycles. The molecule has 24 heavy (non-hydrogen) atoms. The number of nitrogens with one attached hydrogen (secondary N) is 1. The Kier molecular flexibility index (Phi) is 6.37. The lowest BCUT2D eigenvalue weighted by Crippen LogP contribution is -2.21. The van der Waals surface area contributed by atoms with E-state index in [1.807, 2.05) is 32.0 Å². The van der Waals surface area contributed by atoms with E-state index in [0.717, 1.165) is 16.9 Å². The van der Waals surface area contributed by atoms with Crippen molar-refractivity contribution in [2.75, 3.05) is 18.5 Å². The fraction of sp³-hybridized carbons (Fsp3) is 0.333. The minimum absolute atomic E-state index is 0.120. The molecule has 0 aliphatic carbocycles. The molecule has 128 valence electrons. The van der Waals surface area contributed by atoms with Crippen LogP contribution in [0.25, 0.3) is 0 Å². The molecule has 0 radical (unpaired) electrons. The number of esters is 1. The van der Waals surface area contributed by atoms with E-state index >= 15 is 0 Å². The number of thiophene rings is 1. The Labute approximate surface area is 145 Å². The highest BCUT2D eigenvalue weighted by molar-refractivity contribution is 7.16. The number of hydrogen-bond donors (Lipinski definition) is 1. The highest BCUT2D eigenvalue weighted by Gasteiger charge is 2.18. The molecule has 6 heteroatoms. The molecule has 0 spiro atoms. The van der Waals surface area contributed by atoms with Gasteiger partial charge in [0, 0.05) is 4.88 Å². The van der Waals surface area contributed by atoms with Gasteiger partial charge in [0.15, 0.2) is 6.61 Å². The molecule has 0 aliphatic rings. The Morgan fingerprint density at radius 3 is 2.67 bits per heavy atom. The Hall–Kier alpha value is -2.34. The first-order chi connectivity index (χ1) is 11.5. The highest BCUT2D eigenvalue weighted by Crippen LogP contribution is 2.29. The van der Waals surface area contributed by atoms with Crippen LogP contribution in [0.1, 0.15) is 34.6 Å². The van der Waals surface area contributed by atoms with Gasteiger partial charge in [0.05, 0.1) is 12.2 Å². The van der Waals surface area contributed by atoms with E-state index in [0.29, 0.717) is 22.9 Å². The monoisotopic (exact) mass is 347 g/mol. The van der Waals surface area contributed by atoms with Gasteiger partial charge in [0.1, 0.15) is 10.8 Å². The van der Waals surface area contributed by atoms with Gasteiger partial charge < -0.3 is 14.8 Å². The number of ether oxygens (including phenoxy) is 2. The van der Waals surface area contributed by atoms with Crippen LogP contribution in [0.2, 0.25) is 0 Å². The molecule has 0 bridgehead atoms. The van der Waals surface area contributed by atoms with E-state index in [4.69, 9.17) is 9.47 Å². The molecule has 0 aliphatic heterocycles. The van der Waals surface area contributed by atoms with E-state index in [1.165, 1.54) is 11.3 Å². The summed E-state index contributed by atoms with van der Waals surface area (Å²) in [4.78, 5) is 25.1. The smallest absolute Gasteiger partial charge is 0.341 e. The van der Waals surface area contributed by atoms with Crippen molar-refractivity contribution in [2.45, 2.75) is 27.2 Å². The van der Waals surface area contributed by atoms with Crippen LogP contribution in [-0.2, 0) is 16.0 Å². The number of hydrogen-bond acceptors (Lipinski definition) is 5. The predicted molar refractivity (Wildman–Crippen MR) is 95.0 cm³/mol. The molecule has 0 saturated carbocycles. The van der Waals surface area contributed by atoms with Crippen LogP contribution in [0, 0.1) is 6.92 Å². The van der Waals surface area contributed by atoms with E-state index < -0.39 is 5.97 Å². The summed E-state index contributed by atoms with van der Waals surface area (Å²) in [6.07, 6.45) is 0.784. The maximum absolute atomic E-state index is 12.1. The quantitative estimate of drug-likeness (QED) is 0.774. The SMILES string of the molecule is CCOC(=O)c1cc(CC)sc1NC(=O)COc1cccc(C)c1. The zero-order valence-corrected chi connectivity index (χ0v) is 14.9. The van der Waals surface area contributed by atoms with Gasteiger partial charge in [-0.3, -0.25) is 4.79 Å². The van der Waals surface area contributed by atoms with Crippen LogP contribution >= 0.6 is 11.3 Å². The second-order valence-electron chi connectivity index (χ2n) is 5.18. The van der Waals surface area contributed by atoms with Gasteiger partial charge in [-0.1, -0.05) is 19.1 Å². The summed E-state index contributed by atoms with van der Waals surface area (Å²) in [5.41, 5.74) is 1.45. The average molecular weight is 347 g/mol. The molecule has 5 nitrogen and oxygen atoms in total. The number of benzene rings is 1. The molecular weight excluding hydrogens is 326 g/mol. The molecule has 1 amide bonds. The molecule has 0 unspecified atom stereocenters. The third kappa shape index (κ3) is 4.83. The van der Waals surface area contributed by atoms with E-state index in [-0.39, 0.29) is 12.5 Å². The highest BCUT2D eigenvalue weighted by atomic mass is 32.1. The first-order valence-corrected chi connectivity index (χ1v) is 8.64. The maximum Gasteiger partial charge on any atom is 0.341 e. The number of carbonyl (C=O) groups is 2. The van der Waals surface area contributed by atoms with E-state index in [9.17, 15) is 9.59 Å². The van der Waals surface area contributed by atoms with Crippen molar-refractivity contribution in [3.8, 4) is 5.75 Å². The molecule has 1 heterocycles. The normalized spacial score (nSPS) is 10.3. The van der Waals surface area contributed by atoms with Crippen LogP contribution in [0.5, 0.6) is 5.75 Å². The Morgan fingerprint density at radius 1 is 1.21 bits per heavy atom. The number of rotatable bonds is 7. The minimum Gasteiger partial charge on any atom is -0.484 e. The Balaban J connectivity index is 2.02. The van der Waals surface area contributed by atoms with Crippen molar-refractivity contribution in [3.63, 3.8) is 0 Å². The molecule has 1 aromatic heterocycles. The molecule has 0 atom stereocenters. The number of carbonyl (C=O) groups excluding carboxylic acids is 2. The second-order valence-corrected chi connectivity index (χ2v) is 6.32. The zero-order valence-electron chi connectivity index (χ0n) is 14.0. The van der Waals surface area contributed by atoms with Crippen molar-refractivity contribution in [2.24, 2.45) is 0 Å². The summed E-state index contributed by atoms with van der Waals surface area (Å²) >= 11 is 1.38. The summed E-state index contributed by atoms with van der Waals surface area (Å²) in [6, 6.07) is 9.24. The fourth-order valence-corrected chi connectivity index (χ4v) is 3.09. The van der Waals surface area contributed by atoms with E-state index in [2.05, 4.69) is 5.32 Å². The van der Waals surface area contributed by atoms with Gasteiger partial charge in [-0.15, -0.1) is 11.3 Å². The number of amides is 1. The van der Waals surface area contributed by atoms with Gasteiger partial charge in [-0.25, -0.2) is 4.79 Å². The van der Waals surface area contributed by atoms with Crippen molar-refractivity contribution >= 4 is 28.2 Å². The first-order valence-electron chi connectivity index (χ1n) is 7.82. The third-order valence-corrected chi connectivity index (χ3v) is 4.43. The van der Waals surface area contributed by atoms with Crippen molar-refractivity contribution < 1.29 is 19.1 Å². The first kappa shape index (κ1) is 18.0. The lowest BCUT2D eigenvalue weighted by molar-refractivity contribution is -0.118. The van der Waals surface area contributed by atoms with Crippen molar-refractivity contribution in [3.05, 3.63) is 46.3 Å². The summed E-state index contributed by atoms with van der Waals surface area (Å²) < 4.78 is 10.5. The summed E-state index contributed by atoms with van der Waals surface area (Å²) in [7, 11) is 0. The maximum atomic E-state index is 12.1. The topological polar surface area (TPSA) is 64.6 Å². The molecule has 1 N–H and O–H groups in total. The largest absolute Gasteiger partial charge is 0.484 e. The van der Waals surface area contributed by atoms with Gasteiger partial charge in [0.25, 0.3) is 5.91 Å². The summed E-state index contributed by atoms with van der Waals surface area (Å²) in [6.45, 7) is 5.87. The van der Waals surface area contributed by atoms with Crippen LogP contribution < -0.4 is 10.1 Å². The second kappa shape index (κ2) is 8.49. The molecule has 1 aromatic carbocycles. The fourth-order valence-electron chi connectivity index (χ4n) is 2.09. The lowest BCUT2D eigenvalue weighted by atomic mass is 10.2. The zero-order chi connectivity index (χ0) is 17.5. The predicted octanol–water partition coefficient (Wildman–Crippen LogP) is 3.81. The molecule has 0 fully saturated rings. The van der Waals surface area contributed by atoms with Crippen LogP contribution in [-0.4, -0.2) is 25.1 Å². The third-order valence-electron chi connectivity index (χ3n) is 3.24. The van der Waals surface area contributed by atoms with Crippen LogP contribution in [0.3, 0.4) is 0 Å². The standard InChI is InChI=1S/C18H21NO4S/c1-4-14-10-15(18(21)22-5-2)17(24-14)19-16(20)11-23-13-8-6-7-12(3)9-13/h6-10H,4-5,11H2,1-3H3,(H,19,20). The van der Waals surface area contributed by atoms with Gasteiger partial charge >= 0.3 is 5.97 Å². The number of anilines is 1. The van der Waals surface area contributed by atoms with Crippen molar-refractivity contribution in [1.82, 2.24) is 0 Å². The summed E-state index contributed by atoms with van der Waals surface area (Å²) in [5.74, 6) is -0.105. The van der Waals surface area contributed by atoms with Crippen LogP contribution in [0.4, 0.5) is 5.00 Å². The van der Waals surface area contributed by atoms with Gasteiger partial charge in [-0.05, 0) is 44.0 Å². The molecule has 2 rings (SSSR count). The van der Waals surface area contributed by atoms with Crippen molar-refractivity contribution in [1.29, 1.82) is 0 Å². The number of aryl methyl sites for hydroxylation is 2. The van der Waals surface area contributed by atoms with Gasteiger partial charge in [0.2, 0.25) is 0 Å². The molecular formula is C18H21NO4S. The van der Waals surface area contributed by atoms with Crippen LogP contribution in [0.15, 0.2) is 30.3 Å². The Bertz CT molecular complexity index is 724. The summed E-state index contributed by atoms with van der Waals surface area (Å²) in [5, 5.41) is 3.25. The average Bonchev–Trinajstić information content (AvgIpc) is 2.96. The lowest BCUT2D eigenvalue weighted by Gasteiger charge is -2.08. The van der Waals surface area contributed by atoms with Gasteiger partial charge in [-0.2, -0.15) is 0 Å². The Morgan fingerprint density at radius 2 is 2.00 bits per heavy atom. The minimum atomic E-state index is -0.427. The molecule has 2 aromatic rings. The van der Waals surface area contributed by atoms with E-state index in [1.54, 1.807) is 19.1 Å².